The van der Waals surface area contributed by atoms with Crippen LogP contribution in [0.25, 0.3) is 16.5 Å². The first kappa shape index (κ1) is 20.1. The maximum Gasteiger partial charge on any atom is 0.452 e. The summed E-state index contributed by atoms with van der Waals surface area (Å²) in [5.74, 6) is -2.33. The molecule has 0 bridgehead atoms. The Morgan fingerprint density at radius 3 is 2.62 bits per heavy atom. The van der Waals surface area contributed by atoms with Gasteiger partial charge in [0.25, 0.3) is 5.91 Å². The van der Waals surface area contributed by atoms with E-state index < -0.39 is 35.1 Å². The van der Waals surface area contributed by atoms with Crippen LogP contribution in [0.5, 0.6) is 17.6 Å². The van der Waals surface area contributed by atoms with Crippen LogP contribution < -0.4 is 5.49 Å². The van der Waals surface area contributed by atoms with Crippen molar-refractivity contribution < 1.29 is 29.6 Å². The van der Waals surface area contributed by atoms with Crippen LogP contribution in [0.3, 0.4) is 0 Å². The number of ether oxygens (including phenoxy) is 1. The number of pyridine rings is 1. The quantitative estimate of drug-likeness (QED) is 0.373. The number of hydrogen-bond donors (Lipinski definition) is 5. The Morgan fingerprint density at radius 1 is 1.21 bits per heavy atom. The summed E-state index contributed by atoms with van der Waals surface area (Å²) in [5, 5.41) is 45.0. The molecule has 11 nitrogen and oxygen atoms in total. The molecule has 0 radical (unpaired) electrons. The molecular weight excluding hydrogens is 450 g/mol. The van der Waals surface area contributed by atoms with E-state index >= 15 is 0 Å². The first-order valence-electron chi connectivity index (χ1n) is 8.10. The summed E-state index contributed by atoms with van der Waals surface area (Å²) in [6.07, 6.45) is -1.04. The lowest BCUT2D eigenvalue weighted by molar-refractivity contribution is 0.0988. The summed E-state index contributed by atoms with van der Waals surface area (Å²) < 4.78 is 6.05. The number of amides is 2. The maximum absolute atomic E-state index is 12.5. The van der Waals surface area contributed by atoms with Gasteiger partial charge in [-0.15, -0.1) is 0 Å². The smallest absolute Gasteiger partial charge is 0.452 e. The van der Waals surface area contributed by atoms with Crippen molar-refractivity contribution >= 4 is 38.7 Å². The first-order valence-corrected chi connectivity index (χ1v) is 8.89. The number of azo groups is 1. The van der Waals surface area contributed by atoms with E-state index in [1.54, 1.807) is 6.92 Å². The number of rotatable bonds is 3. The molecular formula is C17H14BrN5O6. The molecule has 3 rings (SSSR count). The highest BCUT2D eigenvalue weighted by Crippen LogP contribution is 2.33. The second-order valence-corrected chi connectivity index (χ2v) is 6.58. The molecule has 0 saturated carbocycles. The largest absolute Gasteiger partial charge is 0.494 e. The van der Waals surface area contributed by atoms with Crippen molar-refractivity contribution in [2.45, 2.75) is 6.92 Å². The predicted molar refractivity (Wildman–Crippen MR) is 102 cm³/mol. The zero-order chi connectivity index (χ0) is 21.3. The van der Waals surface area contributed by atoms with Crippen molar-refractivity contribution in [3.63, 3.8) is 0 Å². The summed E-state index contributed by atoms with van der Waals surface area (Å²) in [7, 11) is 0. The molecule has 29 heavy (non-hydrogen) atoms. The Morgan fingerprint density at radius 2 is 1.93 bits per heavy atom. The van der Waals surface area contributed by atoms with Crippen molar-refractivity contribution in [1.29, 1.82) is 5.41 Å². The van der Waals surface area contributed by atoms with Crippen LogP contribution in [0, 0.1) is 5.41 Å². The van der Waals surface area contributed by atoms with Crippen molar-refractivity contribution in [2.75, 3.05) is 6.61 Å². The van der Waals surface area contributed by atoms with Crippen LogP contribution in [-0.4, -0.2) is 43.5 Å². The second-order valence-electron chi connectivity index (χ2n) is 5.66. The average Bonchev–Trinajstić information content (AvgIpc) is 2.94. The molecule has 3 aromatic rings. The summed E-state index contributed by atoms with van der Waals surface area (Å²) in [5.41, 5.74) is -0.478. The SMILES string of the molecule is CCOC(=O)N=NC(=O)c1ccc(Br)cc1-n1c(O)cc2c(O)[nH]c(O)c2c1=N. The molecule has 1 aromatic carbocycles. The Kier molecular flexibility index (Phi) is 5.37. The molecule has 12 heteroatoms. The number of carbonyl (C=O) groups is 2. The molecule has 2 amide bonds. The maximum atomic E-state index is 12.5. The van der Waals surface area contributed by atoms with Gasteiger partial charge in [-0.2, -0.15) is 0 Å². The fourth-order valence-corrected chi connectivity index (χ4v) is 3.04. The summed E-state index contributed by atoms with van der Waals surface area (Å²) in [4.78, 5) is 26.1. The number of aromatic hydroxyl groups is 3. The van der Waals surface area contributed by atoms with Crippen LogP contribution in [-0.2, 0) is 4.74 Å². The van der Waals surface area contributed by atoms with Gasteiger partial charge in [0, 0.05) is 10.5 Å². The molecule has 2 heterocycles. The third-order valence-corrected chi connectivity index (χ3v) is 4.38. The minimum atomic E-state index is -1.04. The van der Waals surface area contributed by atoms with Crippen LogP contribution in [0.2, 0.25) is 0 Å². The zero-order valence-electron chi connectivity index (χ0n) is 14.8. The molecule has 5 N–H and O–H groups in total. The highest BCUT2D eigenvalue weighted by atomic mass is 79.9. The normalized spacial score (nSPS) is 11.2. The van der Waals surface area contributed by atoms with Crippen LogP contribution >= 0.6 is 15.9 Å². The van der Waals surface area contributed by atoms with E-state index in [2.05, 4.69) is 35.9 Å². The minimum Gasteiger partial charge on any atom is -0.494 e. The number of halogens is 1. The van der Waals surface area contributed by atoms with Gasteiger partial charge in [-0.1, -0.05) is 26.2 Å². The van der Waals surface area contributed by atoms with Gasteiger partial charge < -0.3 is 20.1 Å². The van der Waals surface area contributed by atoms with E-state index in [-0.39, 0.29) is 28.6 Å². The molecule has 150 valence electrons. The highest BCUT2D eigenvalue weighted by Gasteiger charge is 2.20. The Hall–Kier alpha value is -3.67. The lowest BCUT2D eigenvalue weighted by atomic mass is 10.1. The molecule has 0 atom stereocenters. The third kappa shape index (κ3) is 3.69. The van der Waals surface area contributed by atoms with Gasteiger partial charge in [0.15, 0.2) is 11.8 Å². The number of hydrogen-bond acceptors (Lipinski definition) is 7. The standard InChI is InChI=1S/C17H14BrN5O6/c1-2-29-17(28)22-21-15(26)8-4-3-7(18)5-10(8)23-11(24)6-9-12(13(23)19)16(27)20-14(9)25/h3-6,19-20,24-25,27H,2H2,1H3. The Balaban J connectivity index is 2.21. The molecule has 0 aliphatic carbocycles. The number of carbonyl (C=O) groups excluding carboxylic acids is 2. The molecule has 2 aromatic heterocycles. The summed E-state index contributed by atoms with van der Waals surface area (Å²) >= 11 is 3.25. The van der Waals surface area contributed by atoms with Crippen LogP contribution in [0.1, 0.15) is 17.3 Å². The fourth-order valence-electron chi connectivity index (χ4n) is 2.70. The number of aromatic nitrogens is 2. The van der Waals surface area contributed by atoms with Gasteiger partial charge in [-0.25, -0.2) is 4.79 Å². The first-order chi connectivity index (χ1) is 13.7. The number of H-pyrrole nitrogens is 1. The Labute approximate surface area is 170 Å². The number of benzene rings is 1. The van der Waals surface area contributed by atoms with Gasteiger partial charge in [0.1, 0.15) is 5.49 Å². The fraction of sp³-hybridized carbons (Fsp3) is 0.118. The van der Waals surface area contributed by atoms with Crippen LogP contribution in [0.4, 0.5) is 4.79 Å². The van der Waals surface area contributed by atoms with E-state index in [1.165, 1.54) is 18.2 Å². The van der Waals surface area contributed by atoms with Crippen LogP contribution in [0.15, 0.2) is 39.0 Å². The zero-order valence-corrected chi connectivity index (χ0v) is 16.4. The molecule has 0 aliphatic rings. The van der Waals surface area contributed by atoms with Gasteiger partial charge in [-0.3, -0.25) is 19.8 Å². The predicted octanol–water partition coefficient (Wildman–Crippen LogP) is 3.07. The van der Waals surface area contributed by atoms with E-state index in [9.17, 15) is 24.9 Å². The van der Waals surface area contributed by atoms with E-state index in [0.29, 0.717) is 4.47 Å². The van der Waals surface area contributed by atoms with E-state index in [0.717, 1.165) is 10.6 Å². The number of fused-ring (bicyclic) bond motifs is 1. The summed E-state index contributed by atoms with van der Waals surface area (Å²) in [6, 6.07) is 5.43. The van der Waals surface area contributed by atoms with Gasteiger partial charge in [0.05, 0.1) is 28.6 Å². The van der Waals surface area contributed by atoms with Gasteiger partial charge in [0.2, 0.25) is 5.88 Å². The van der Waals surface area contributed by atoms with Crippen molar-refractivity contribution in [1.82, 2.24) is 9.55 Å². The van der Waals surface area contributed by atoms with Crippen molar-refractivity contribution in [3.05, 3.63) is 39.8 Å². The number of nitrogens with zero attached hydrogens (tertiary/aromatic N) is 3. The van der Waals surface area contributed by atoms with E-state index in [4.69, 9.17) is 5.41 Å². The topological polar surface area (TPSA) is 173 Å². The molecule has 0 fully saturated rings. The minimum absolute atomic E-state index is 0.0196. The average molecular weight is 464 g/mol. The molecule has 0 aliphatic heterocycles. The highest BCUT2D eigenvalue weighted by molar-refractivity contribution is 9.10. The van der Waals surface area contributed by atoms with Crippen molar-refractivity contribution in [2.24, 2.45) is 10.2 Å². The second kappa shape index (κ2) is 7.75. The lowest BCUT2D eigenvalue weighted by Crippen LogP contribution is -2.20. The monoisotopic (exact) mass is 463 g/mol. The van der Waals surface area contributed by atoms with Crippen molar-refractivity contribution in [3.8, 4) is 23.3 Å². The third-order valence-electron chi connectivity index (χ3n) is 3.88. The number of nitrogens with one attached hydrogen (secondary N) is 2. The molecule has 0 spiro atoms. The number of aromatic amines is 1. The molecule has 0 saturated heterocycles. The lowest BCUT2D eigenvalue weighted by Gasteiger charge is -2.14. The molecule has 0 unspecified atom stereocenters. The Bertz CT molecular complexity index is 1230. The summed E-state index contributed by atoms with van der Waals surface area (Å²) in [6.45, 7) is 1.64. The van der Waals surface area contributed by atoms with Gasteiger partial charge >= 0.3 is 6.09 Å². The van der Waals surface area contributed by atoms with E-state index in [1.807, 2.05) is 0 Å². The van der Waals surface area contributed by atoms with Gasteiger partial charge in [-0.05, 0) is 25.1 Å².